The van der Waals surface area contributed by atoms with E-state index in [0.29, 0.717) is 6.04 Å². The molecule has 1 saturated heterocycles. The van der Waals surface area contributed by atoms with Gasteiger partial charge < -0.3 is 5.32 Å². The number of benzene rings is 1. The molecule has 1 fully saturated rings. The van der Waals surface area contributed by atoms with Crippen LogP contribution in [0.25, 0.3) is 0 Å². The van der Waals surface area contributed by atoms with Gasteiger partial charge in [0.1, 0.15) is 0 Å². The van der Waals surface area contributed by atoms with Crippen LogP contribution in [0.5, 0.6) is 0 Å². The first-order valence-corrected chi connectivity index (χ1v) is 10.3. The molecule has 1 aromatic carbocycles. The lowest BCUT2D eigenvalue weighted by Gasteiger charge is -2.37. The van der Waals surface area contributed by atoms with Crippen molar-refractivity contribution in [2.45, 2.75) is 37.8 Å². The van der Waals surface area contributed by atoms with Gasteiger partial charge in [0.05, 0.1) is 12.8 Å². The van der Waals surface area contributed by atoms with Crippen molar-refractivity contribution in [3.05, 3.63) is 35.4 Å². The van der Waals surface area contributed by atoms with Gasteiger partial charge in [0, 0.05) is 18.6 Å². The molecule has 6 nitrogen and oxygen atoms in total. The van der Waals surface area contributed by atoms with E-state index in [2.05, 4.69) is 39.2 Å². The molecule has 24 heavy (non-hydrogen) atoms. The Balaban J connectivity index is 1.51. The molecule has 1 aliphatic heterocycles. The zero-order chi connectivity index (χ0) is 17.2. The second-order valence-corrected chi connectivity index (χ2v) is 8.66. The molecular weight excluding hydrogens is 326 g/mol. The normalized spacial score (nSPS) is 22.3. The molecule has 3 rings (SSSR count). The summed E-state index contributed by atoms with van der Waals surface area (Å²) in [6.07, 6.45) is 5.21. The van der Waals surface area contributed by atoms with Crippen LogP contribution in [0.3, 0.4) is 0 Å². The number of hydrogen-bond acceptors (Lipinski definition) is 4. The van der Waals surface area contributed by atoms with E-state index in [4.69, 9.17) is 0 Å². The first-order valence-electron chi connectivity index (χ1n) is 8.45. The van der Waals surface area contributed by atoms with Crippen LogP contribution in [0.2, 0.25) is 0 Å². The summed E-state index contributed by atoms with van der Waals surface area (Å²) in [5.74, 6) is -0.262. The van der Waals surface area contributed by atoms with Crippen molar-refractivity contribution in [3.63, 3.8) is 0 Å². The van der Waals surface area contributed by atoms with Crippen LogP contribution in [-0.4, -0.2) is 57.2 Å². The highest BCUT2D eigenvalue weighted by molar-refractivity contribution is 7.88. The summed E-state index contributed by atoms with van der Waals surface area (Å²) in [7, 11) is -3.34. The van der Waals surface area contributed by atoms with Gasteiger partial charge in [0.15, 0.2) is 0 Å². The third-order valence-electron chi connectivity index (χ3n) is 4.86. The Morgan fingerprint density at radius 3 is 2.54 bits per heavy atom. The highest BCUT2D eigenvalue weighted by atomic mass is 32.2. The third kappa shape index (κ3) is 4.55. The van der Waals surface area contributed by atoms with Crippen LogP contribution in [0.1, 0.15) is 24.0 Å². The maximum atomic E-state index is 11.9. The van der Waals surface area contributed by atoms with Crippen molar-refractivity contribution in [1.29, 1.82) is 0 Å². The quantitative estimate of drug-likeness (QED) is 0.799. The predicted molar refractivity (Wildman–Crippen MR) is 93.2 cm³/mol. The molecule has 1 heterocycles. The smallest absolute Gasteiger partial charge is 0.235 e. The topological polar surface area (TPSA) is 78.5 Å². The predicted octanol–water partition coefficient (Wildman–Crippen LogP) is 0.284. The first kappa shape index (κ1) is 17.4. The van der Waals surface area contributed by atoms with Gasteiger partial charge in [-0.1, -0.05) is 24.3 Å². The number of nitrogens with one attached hydrogen (secondary N) is 2. The molecule has 2 N–H and O–H groups in total. The van der Waals surface area contributed by atoms with Gasteiger partial charge >= 0.3 is 0 Å². The molecule has 0 unspecified atom stereocenters. The molecule has 1 atom stereocenters. The summed E-state index contributed by atoms with van der Waals surface area (Å²) in [5, 5.41) is 2.96. The summed E-state index contributed by atoms with van der Waals surface area (Å²) in [6.45, 7) is 1.71. The molecule has 0 radical (unpaired) electrons. The van der Waals surface area contributed by atoms with E-state index in [1.807, 2.05) is 0 Å². The van der Waals surface area contributed by atoms with E-state index in [9.17, 15) is 13.2 Å². The molecule has 1 amide bonds. The molecule has 2 aliphatic rings. The maximum absolute atomic E-state index is 11.9. The summed E-state index contributed by atoms with van der Waals surface area (Å²) < 4.78 is 24.4. The number of piperidine rings is 1. The van der Waals surface area contributed by atoms with Crippen LogP contribution in [-0.2, 0) is 27.7 Å². The molecule has 1 aromatic rings. The number of carbonyl (C=O) groups is 1. The van der Waals surface area contributed by atoms with Crippen LogP contribution in [0.15, 0.2) is 24.3 Å². The summed E-state index contributed by atoms with van der Waals surface area (Å²) >= 11 is 0. The van der Waals surface area contributed by atoms with Crippen molar-refractivity contribution >= 4 is 15.9 Å². The number of nitrogens with zero attached hydrogens (tertiary/aromatic N) is 1. The Morgan fingerprint density at radius 1 is 1.25 bits per heavy atom. The average molecular weight is 351 g/mol. The number of sulfonamides is 1. The van der Waals surface area contributed by atoms with E-state index in [1.54, 1.807) is 0 Å². The zero-order valence-corrected chi connectivity index (χ0v) is 14.8. The van der Waals surface area contributed by atoms with E-state index >= 15 is 0 Å². The Morgan fingerprint density at radius 2 is 1.92 bits per heavy atom. The van der Waals surface area contributed by atoms with E-state index in [0.717, 1.165) is 45.0 Å². The number of hydrogen-bond donors (Lipinski definition) is 2. The number of amides is 1. The lowest BCUT2D eigenvalue weighted by atomic mass is 10.0. The molecule has 0 aromatic heterocycles. The number of likely N-dealkylation sites (tertiary alicyclic amines) is 1. The van der Waals surface area contributed by atoms with Crippen LogP contribution < -0.4 is 10.0 Å². The van der Waals surface area contributed by atoms with Gasteiger partial charge in [-0.3, -0.25) is 9.69 Å². The zero-order valence-electron chi connectivity index (χ0n) is 14.0. The number of rotatable bonds is 5. The molecule has 0 spiro atoms. The van der Waals surface area contributed by atoms with Crippen molar-refractivity contribution in [1.82, 2.24) is 14.9 Å². The van der Waals surface area contributed by atoms with Crippen molar-refractivity contribution in [2.24, 2.45) is 0 Å². The van der Waals surface area contributed by atoms with Crippen molar-refractivity contribution in [3.8, 4) is 0 Å². The summed E-state index contributed by atoms with van der Waals surface area (Å²) in [6, 6.07) is 9.20. The first-order chi connectivity index (χ1) is 11.4. The molecule has 0 bridgehead atoms. The SMILES string of the molecule is CS(=O)(=O)NCC(=O)N[C@@H]1CCCN(C2Cc3ccccc3C2)C1. The second-order valence-electron chi connectivity index (χ2n) is 6.83. The van der Waals surface area contributed by atoms with Crippen molar-refractivity contribution < 1.29 is 13.2 Å². The van der Waals surface area contributed by atoms with E-state index in [-0.39, 0.29) is 18.5 Å². The van der Waals surface area contributed by atoms with E-state index in [1.165, 1.54) is 11.1 Å². The number of carbonyl (C=O) groups excluding carboxylic acids is 1. The van der Waals surface area contributed by atoms with Gasteiger partial charge in [0.25, 0.3) is 0 Å². The second kappa shape index (κ2) is 7.21. The van der Waals surface area contributed by atoms with Gasteiger partial charge in [0.2, 0.25) is 15.9 Å². The molecule has 132 valence electrons. The maximum Gasteiger partial charge on any atom is 0.235 e. The summed E-state index contributed by atoms with van der Waals surface area (Å²) in [4.78, 5) is 14.4. The monoisotopic (exact) mass is 351 g/mol. The Kier molecular flexibility index (Phi) is 5.22. The van der Waals surface area contributed by atoms with Gasteiger partial charge in [-0.2, -0.15) is 0 Å². The lowest BCUT2D eigenvalue weighted by molar-refractivity contribution is -0.121. The van der Waals surface area contributed by atoms with E-state index < -0.39 is 10.0 Å². The Labute approximate surface area is 143 Å². The summed E-state index contributed by atoms with van der Waals surface area (Å²) in [5.41, 5.74) is 2.87. The minimum absolute atomic E-state index is 0.0938. The molecule has 0 saturated carbocycles. The standard InChI is InChI=1S/C17H25N3O3S/c1-24(22,23)18-11-17(21)19-15-7-4-8-20(12-15)16-9-13-5-2-3-6-14(13)10-16/h2-3,5-6,15-16,18H,4,7-12H2,1H3,(H,19,21)/t15-/m1/s1. The molecule has 7 heteroatoms. The lowest BCUT2D eigenvalue weighted by Crippen LogP contribution is -2.52. The Hall–Kier alpha value is -1.44. The highest BCUT2D eigenvalue weighted by Gasteiger charge is 2.30. The van der Waals surface area contributed by atoms with Crippen LogP contribution >= 0.6 is 0 Å². The van der Waals surface area contributed by atoms with Crippen LogP contribution in [0, 0.1) is 0 Å². The molecular formula is C17H25N3O3S. The number of fused-ring (bicyclic) bond motifs is 1. The van der Waals surface area contributed by atoms with Crippen molar-refractivity contribution in [2.75, 3.05) is 25.9 Å². The average Bonchev–Trinajstić information content (AvgIpc) is 2.97. The largest absolute Gasteiger partial charge is 0.351 e. The fourth-order valence-electron chi connectivity index (χ4n) is 3.73. The molecule has 1 aliphatic carbocycles. The van der Waals surface area contributed by atoms with Gasteiger partial charge in [-0.25, -0.2) is 13.1 Å². The Bertz CT molecular complexity index is 680. The van der Waals surface area contributed by atoms with Crippen LogP contribution in [0.4, 0.5) is 0 Å². The highest BCUT2D eigenvalue weighted by Crippen LogP contribution is 2.27. The minimum Gasteiger partial charge on any atom is -0.351 e. The minimum atomic E-state index is -3.34. The fraction of sp³-hybridized carbons (Fsp3) is 0.588. The van der Waals surface area contributed by atoms with Gasteiger partial charge in [-0.05, 0) is 43.4 Å². The van der Waals surface area contributed by atoms with Gasteiger partial charge in [-0.15, -0.1) is 0 Å². The fourth-order valence-corrected chi connectivity index (χ4v) is 4.12. The third-order valence-corrected chi connectivity index (χ3v) is 5.53.